The molecule has 0 bridgehead atoms. The van der Waals surface area contributed by atoms with E-state index in [0.29, 0.717) is 23.4 Å². The molecule has 0 N–H and O–H groups in total. The van der Waals surface area contributed by atoms with Gasteiger partial charge in [0.25, 0.3) is 0 Å². The summed E-state index contributed by atoms with van der Waals surface area (Å²) in [5.41, 5.74) is 0. The zero-order valence-corrected chi connectivity index (χ0v) is 11.0. The number of rotatable bonds is 2. The SMILES string of the molecule is CO[C@H]1CSC2(C1)CN(C(=O)[C@H]1CCOC1)C2. The maximum Gasteiger partial charge on any atom is 0.228 e. The monoisotopic (exact) mass is 257 g/mol. The predicted molar refractivity (Wildman–Crippen MR) is 66.1 cm³/mol. The number of carbonyl (C=O) groups is 1. The molecule has 3 heterocycles. The molecule has 4 nitrogen and oxygen atoms in total. The van der Waals surface area contributed by atoms with Crippen molar-refractivity contribution >= 4 is 17.7 Å². The first kappa shape index (κ1) is 11.8. The van der Waals surface area contributed by atoms with Gasteiger partial charge in [-0.05, 0) is 12.8 Å². The first-order chi connectivity index (χ1) is 8.22. The molecule has 96 valence electrons. The van der Waals surface area contributed by atoms with Gasteiger partial charge in [-0.1, -0.05) is 0 Å². The van der Waals surface area contributed by atoms with Gasteiger partial charge in [0.15, 0.2) is 0 Å². The van der Waals surface area contributed by atoms with Crippen LogP contribution in [0.4, 0.5) is 0 Å². The van der Waals surface area contributed by atoms with Crippen molar-refractivity contribution in [3.05, 3.63) is 0 Å². The molecule has 1 amide bonds. The van der Waals surface area contributed by atoms with Crippen molar-refractivity contribution in [2.75, 3.05) is 39.2 Å². The lowest BCUT2D eigenvalue weighted by molar-refractivity contribution is -0.141. The second kappa shape index (κ2) is 4.44. The van der Waals surface area contributed by atoms with Crippen LogP contribution in [0, 0.1) is 5.92 Å². The van der Waals surface area contributed by atoms with Crippen LogP contribution < -0.4 is 0 Å². The zero-order valence-electron chi connectivity index (χ0n) is 10.2. The Kier molecular flexibility index (Phi) is 3.09. The Labute approximate surface area is 106 Å². The first-order valence-corrected chi connectivity index (χ1v) is 7.24. The van der Waals surface area contributed by atoms with Crippen molar-refractivity contribution in [3.8, 4) is 0 Å². The molecule has 3 saturated heterocycles. The first-order valence-electron chi connectivity index (χ1n) is 6.26. The van der Waals surface area contributed by atoms with Crippen LogP contribution in [0.5, 0.6) is 0 Å². The van der Waals surface area contributed by atoms with Gasteiger partial charge >= 0.3 is 0 Å². The molecule has 1 spiro atoms. The Hall–Kier alpha value is -0.260. The third-order valence-electron chi connectivity index (χ3n) is 4.06. The van der Waals surface area contributed by atoms with Crippen LogP contribution in [-0.4, -0.2) is 60.8 Å². The minimum atomic E-state index is 0.122. The van der Waals surface area contributed by atoms with Crippen molar-refractivity contribution in [3.63, 3.8) is 0 Å². The Morgan fingerprint density at radius 3 is 2.94 bits per heavy atom. The van der Waals surface area contributed by atoms with E-state index >= 15 is 0 Å². The molecular weight excluding hydrogens is 238 g/mol. The molecule has 3 fully saturated rings. The lowest BCUT2D eigenvalue weighted by Crippen LogP contribution is -2.62. The molecule has 3 aliphatic heterocycles. The fraction of sp³-hybridized carbons (Fsp3) is 0.917. The van der Waals surface area contributed by atoms with Gasteiger partial charge in [0.05, 0.1) is 23.4 Å². The fourth-order valence-electron chi connectivity index (χ4n) is 2.97. The zero-order chi connectivity index (χ0) is 11.9. The third-order valence-corrected chi connectivity index (χ3v) is 5.63. The minimum absolute atomic E-state index is 0.122. The summed E-state index contributed by atoms with van der Waals surface area (Å²) in [6.45, 7) is 3.19. The number of likely N-dealkylation sites (tertiary alicyclic amines) is 1. The van der Waals surface area contributed by atoms with E-state index in [4.69, 9.17) is 9.47 Å². The van der Waals surface area contributed by atoms with Gasteiger partial charge in [-0.3, -0.25) is 4.79 Å². The maximum atomic E-state index is 12.1. The molecule has 3 rings (SSSR count). The number of methoxy groups -OCH3 is 1. The van der Waals surface area contributed by atoms with Gasteiger partial charge < -0.3 is 14.4 Å². The average molecular weight is 257 g/mol. The van der Waals surface area contributed by atoms with Gasteiger partial charge in [0.1, 0.15) is 0 Å². The van der Waals surface area contributed by atoms with Crippen molar-refractivity contribution in [1.82, 2.24) is 4.90 Å². The number of hydrogen-bond donors (Lipinski definition) is 0. The summed E-state index contributed by atoms with van der Waals surface area (Å²) in [6, 6.07) is 0. The number of hydrogen-bond acceptors (Lipinski definition) is 4. The number of ether oxygens (including phenoxy) is 2. The summed E-state index contributed by atoms with van der Waals surface area (Å²) < 4.78 is 11.0. The van der Waals surface area contributed by atoms with Crippen LogP contribution in [0.2, 0.25) is 0 Å². The highest BCUT2D eigenvalue weighted by Crippen LogP contribution is 2.46. The summed E-state index contributed by atoms with van der Waals surface area (Å²) in [6.07, 6.45) is 2.38. The molecule has 2 atom stereocenters. The lowest BCUT2D eigenvalue weighted by Gasteiger charge is -2.48. The van der Waals surface area contributed by atoms with E-state index in [1.54, 1.807) is 7.11 Å². The van der Waals surface area contributed by atoms with Gasteiger partial charge in [0, 0.05) is 32.6 Å². The molecule has 17 heavy (non-hydrogen) atoms. The summed E-state index contributed by atoms with van der Waals surface area (Å²) in [4.78, 5) is 14.1. The Morgan fingerprint density at radius 1 is 1.53 bits per heavy atom. The number of thioether (sulfide) groups is 1. The van der Waals surface area contributed by atoms with Crippen LogP contribution in [-0.2, 0) is 14.3 Å². The van der Waals surface area contributed by atoms with Crippen molar-refractivity contribution < 1.29 is 14.3 Å². The molecule has 0 aliphatic carbocycles. The van der Waals surface area contributed by atoms with E-state index in [0.717, 1.165) is 38.3 Å². The van der Waals surface area contributed by atoms with Gasteiger partial charge in [-0.2, -0.15) is 0 Å². The molecule has 5 heteroatoms. The van der Waals surface area contributed by atoms with Crippen molar-refractivity contribution in [2.45, 2.75) is 23.7 Å². The summed E-state index contributed by atoms with van der Waals surface area (Å²) in [5.74, 6) is 1.50. The second-order valence-corrected chi connectivity index (χ2v) is 6.80. The summed E-state index contributed by atoms with van der Waals surface area (Å²) in [7, 11) is 1.78. The second-order valence-electron chi connectivity index (χ2n) is 5.31. The third kappa shape index (κ3) is 2.09. The topological polar surface area (TPSA) is 38.8 Å². The lowest BCUT2D eigenvalue weighted by atomic mass is 9.91. The van der Waals surface area contributed by atoms with E-state index in [1.165, 1.54) is 0 Å². The van der Waals surface area contributed by atoms with Crippen LogP contribution in [0.1, 0.15) is 12.8 Å². The molecule has 3 aliphatic rings. The van der Waals surface area contributed by atoms with Crippen LogP contribution in [0.25, 0.3) is 0 Å². The smallest absolute Gasteiger partial charge is 0.228 e. The largest absolute Gasteiger partial charge is 0.381 e. The molecular formula is C12H19NO3S. The standard InChI is InChI=1S/C12H19NO3S/c1-15-10-4-12(17-6-10)7-13(8-12)11(14)9-2-3-16-5-9/h9-10H,2-8H2,1H3/t9-,10+/m0/s1. The van der Waals surface area contributed by atoms with E-state index < -0.39 is 0 Å². The van der Waals surface area contributed by atoms with Gasteiger partial charge in [0.2, 0.25) is 5.91 Å². The number of carbonyl (C=O) groups excluding carboxylic acids is 1. The molecule has 0 aromatic rings. The molecule has 0 radical (unpaired) electrons. The molecule has 0 aromatic carbocycles. The Balaban J connectivity index is 1.52. The van der Waals surface area contributed by atoms with E-state index in [-0.39, 0.29) is 5.92 Å². The van der Waals surface area contributed by atoms with E-state index in [2.05, 4.69) is 0 Å². The van der Waals surface area contributed by atoms with E-state index in [1.807, 2.05) is 16.7 Å². The van der Waals surface area contributed by atoms with Gasteiger partial charge in [-0.15, -0.1) is 11.8 Å². The normalized spacial score (nSPS) is 35.2. The van der Waals surface area contributed by atoms with Crippen LogP contribution in [0.3, 0.4) is 0 Å². The van der Waals surface area contributed by atoms with Crippen LogP contribution >= 0.6 is 11.8 Å². The number of nitrogens with zero attached hydrogens (tertiary/aromatic N) is 1. The molecule has 0 unspecified atom stereocenters. The highest BCUT2D eigenvalue weighted by molar-refractivity contribution is 8.01. The quantitative estimate of drug-likeness (QED) is 0.732. The Bertz CT molecular complexity index is 311. The Morgan fingerprint density at radius 2 is 2.35 bits per heavy atom. The van der Waals surface area contributed by atoms with E-state index in [9.17, 15) is 4.79 Å². The fourth-order valence-corrected chi connectivity index (χ4v) is 4.56. The van der Waals surface area contributed by atoms with Crippen molar-refractivity contribution in [1.29, 1.82) is 0 Å². The van der Waals surface area contributed by atoms with Crippen LogP contribution in [0.15, 0.2) is 0 Å². The average Bonchev–Trinajstić information content (AvgIpc) is 2.95. The summed E-state index contributed by atoms with van der Waals surface area (Å²) >= 11 is 1.98. The van der Waals surface area contributed by atoms with Gasteiger partial charge in [-0.25, -0.2) is 0 Å². The highest BCUT2D eigenvalue weighted by Gasteiger charge is 2.51. The summed E-state index contributed by atoms with van der Waals surface area (Å²) in [5, 5.41) is 0. The predicted octanol–water partition coefficient (Wildman–Crippen LogP) is 0.756. The maximum absolute atomic E-state index is 12.1. The molecule has 0 aromatic heterocycles. The highest BCUT2D eigenvalue weighted by atomic mass is 32.2. The number of amides is 1. The molecule has 0 saturated carbocycles. The van der Waals surface area contributed by atoms with Crippen molar-refractivity contribution in [2.24, 2.45) is 5.92 Å². The minimum Gasteiger partial charge on any atom is -0.381 e.